The predicted octanol–water partition coefficient (Wildman–Crippen LogP) is 5.86. The molecule has 192 valence electrons. The molecule has 1 aromatic heterocycles. The van der Waals surface area contributed by atoms with E-state index < -0.39 is 23.8 Å². The van der Waals surface area contributed by atoms with Crippen LogP contribution in [0.5, 0.6) is 0 Å². The predicted molar refractivity (Wildman–Crippen MR) is 141 cm³/mol. The van der Waals surface area contributed by atoms with Gasteiger partial charge in [0, 0.05) is 30.0 Å². The van der Waals surface area contributed by atoms with Gasteiger partial charge in [0.25, 0.3) is 0 Å². The summed E-state index contributed by atoms with van der Waals surface area (Å²) in [4.78, 5) is 13.1. The van der Waals surface area contributed by atoms with Crippen molar-refractivity contribution >= 4 is 17.2 Å². The van der Waals surface area contributed by atoms with E-state index >= 15 is 0 Å². The van der Waals surface area contributed by atoms with Gasteiger partial charge >= 0.3 is 0 Å². The average Bonchev–Trinajstić information content (AvgIpc) is 3.28. The van der Waals surface area contributed by atoms with E-state index in [4.69, 9.17) is 0 Å². The lowest BCUT2D eigenvalue weighted by Crippen LogP contribution is -2.53. The van der Waals surface area contributed by atoms with Gasteiger partial charge in [0.15, 0.2) is 0 Å². The van der Waals surface area contributed by atoms with Crippen LogP contribution in [0.3, 0.4) is 0 Å². The number of thiophene rings is 1. The van der Waals surface area contributed by atoms with E-state index in [1.165, 1.54) is 47.0 Å². The molecular formula is C29H34F2N2O2S. The highest BCUT2D eigenvalue weighted by Gasteiger charge is 2.35. The number of rotatable bonds is 9. The van der Waals surface area contributed by atoms with Crippen molar-refractivity contribution in [1.82, 2.24) is 10.6 Å². The molecule has 1 aliphatic rings. The van der Waals surface area contributed by atoms with Crippen LogP contribution in [0.15, 0.2) is 53.9 Å². The molecule has 3 N–H and O–H groups in total. The van der Waals surface area contributed by atoms with Gasteiger partial charge in [-0.2, -0.15) is 0 Å². The van der Waals surface area contributed by atoms with Gasteiger partial charge in [-0.05, 0) is 78.1 Å². The first kappa shape index (κ1) is 26.5. The first-order chi connectivity index (χ1) is 17.3. The number of carbonyl (C=O) groups excluding carboxylic acids is 1. The lowest BCUT2D eigenvalue weighted by Gasteiger charge is -2.40. The smallest absolute Gasteiger partial charge is 0.217 e. The maximum Gasteiger partial charge on any atom is 0.217 e. The maximum absolute atomic E-state index is 13.7. The summed E-state index contributed by atoms with van der Waals surface area (Å²) in [6, 6.07) is 13.4. The number of nitrogens with one attached hydrogen (secondary N) is 2. The molecule has 0 spiro atoms. The molecule has 4 nitrogen and oxygen atoms in total. The molecule has 3 aromatic rings. The summed E-state index contributed by atoms with van der Waals surface area (Å²) >= 11 is 1.73. The molecule has 1 amide bonds. The second-order valence-electron chi connectivity index (χ2n) is 9.89. The molecule has 1 saturated carbocycles. The number of hydrogen-bond acceptors (Lipinski definition) is 4. The third-order valence-electron chi connectivity index (χ3n) is 7.13. The normalized spacial score (nSPS) is 16.9. The Hall–Kier alpha value is -2.61. The van der Waals surface area contributed by atoms with Crippen molar-refractivity contribution in [1.29, 1.82) is 0 Å². The minimum Gasteiger partial charge on any atom is -0.390 e. The van der Waals surface area contributed by atoms with Gasteiger partial charge in [-0.25, -0.2) is 8.78 Å². The van der Waals surface area contributed by atoms with Crippen LogP contribution in [0.1, 0.15) is 55.7 Å². The molecule has 0 aliphatic heterocycles. The number of benzene rings is 2. The Balaban J connectivity index is 1.55. The third-order valence-corrected chi connectivity index (χ3v) is 8.19. The van der Waals surface area contributed by atoms with Gasteiger partial charge in [-0.1, -0.05) is 37.5 Å². The number of aryl methyl sites for hydroxylation is 1. The summed E-state index contributed by atoms with van der Waals surface area (Å²) in [6.07, 6.45) is 4.43. The first-order valence-electron chi connectivity index (χ1n) is 12.6. The van der Waals surface area contributed by atoms with Crippen LogP contribution in [0.2, 0.25) is 0 Å². The van der Waals surface area contributed by atoms with Crippen LogP contribution in [0, 0.1) is 18.6 Å². The summed E-state index contributed by atoms with van der Waals surface area (Å²) in [5.41, 5.74) is 3.74. The molecular weight excluding hydrogens is 478 g/mol. The fourth-order valence-electron chi connectivity index (χ4n) is 5.32. The summed E-state index contributed by atoms with van der Waals surface area (Å²) in [7, 11) is 0. The van der Waals surface area contributed by atoms with Gasteiger partial charge in [-0.15, -0.1) is 11.3 Å². The van der Waals surface area contributed by atoms with Gasteiger partial charge in [-0.3, -0.25) is 4.79 Å². The lowest BCUT2D eigenvalue weighted by atomic mass is 9.76. The Morgan fingerprint density at radius 2 is 1.81 bits per heavy atom. The molecule has 1 fully saturated rings. The fourth-order valence-corrected chi connectivity index (χ4v) is 6.24. The van der Waals surface area contributed by atoms with Crippen molar-refractivity contribution in [2.75, 3.05) is 6.54 Å². The molecule has 36 heavy (non-hydrogen) atoms. The summed E-state index contributed by atoms with van der Waals surface area (Å²) < 4.78 is 27.5. The third kappa shape index (κ3) is 6.38. The molecule has 1 aliphatic carbocycles. The highest BCUT2D eigenvalue weighted by atomic mass is 32.1. The van der Waals surface area contributed by atoms with E-state index in [1.807, 2.05) is 0 Å². The summed E-state index contributed by atoms with van der Waals surface area (Å²) in [5.74, 6) is -1.66. The van der Waals surface area contributed by atoms with Crippen LogP contribution in [-0.4, -0.2) is 29.7 Å². The van der Waals surface area contributed by atoms with Crippen molar-refractivity contribution in [2.45, 2.75) is 70.1 Å². The SMILES string of the molecule is CC(=O)N[C@@H](Cc1cc(F)cc(F)c1)[C@H](O)CNC1(c2cccc(-c3sccc3C)c2)CCCCC1. The molecule has 0 radical (unpaired) electrons. The van der Waals surface area contributed by atoms with Crippen LogP contribution in [0.4, 0.5) is 8.78 Å². The lowest BCUT2D eigenvalue weighted by molar-refractivity contribution is -0.120. The van der Waals surface area contributed by atoms with Crippen molar-refractivity contribution < 1.29 is 18.7 Å². The number of amides is 1. The van der Waals surface area contributed by atoms with Crippen LogP contribution in [-0.2, 0) is 16.8 Å². The first-order valence-corrected chi connectivity index (χ1v) is 13.4. The molecule has 4 rings (SSSR count). The monoisotopic (exact) mass is 512 g/mol. The Morgan fingerprint density at radius 1 is 1.08 bits per heavy atom. The summed E-state index contributed by atoms with van der Waals surface area (Å²) in [6.45, 7) is 3.74. The highest BCUT2D eigenvalue weighted by molar-refractivity contribution is 7.13. The van der Waals surface area contributed by atoms with Crippen LogP contribution < -0.4 is 10.6 Å². The minimum atomic E-state index is -0.943. The Morgan fingerprint density at radius 3 is 2.44 bits per heavy atom. The zero-order valence-electron chi connectivity index (χ0n) is 20.8. The van der Waals surface area contributed by atoms with Crippen LogP contribution >= 0.6 is 11.3 Å². The Bertz CT molecular complexity index is 1170. The topological polar surface area (TPSA) is 61.4 Å². The zero-order chi connectivity index (χ0) is 25.7. The van der Waals surface area contributed by atoms with E-state index in [0.29, 0.717) is 5.56 Å². The van der Waals surface area contributed by atoms with E-state index in [1.54, 1.807) is 11.3 Å². The minimum absolute atomic E-state index is 0.122. The van der Waals surface area contributed by atoms with Crippen molar-refractivity contribution in [3.63, 3.8) is 0 Å². The molecule has 2 aromatic carbocycles. The Labute approximate surface area is 215 Å². The second kappa shape index (κ2) is 11.6. The number of carbonyl (C=O) groups is 1. The van der Waals surface area contributed by atoms with Crippen molar-refractivity contribution in [3.8, 4) is 10.4 Å². The van der Waals surface area contributed by atoms with Gasteiger partial charge in [0.2, 0.25) is 5.91 Å². The molecule has 0 unspecified atom stereocenters. The standard InChI is InChI=1S/C29H34F2N2O2S/c1-19-9-12-36-28(19)22-7-6-8-23(16-22)29(10-4-3-5-11-29)32-18-27(35)26(33-20(2)34)15-21-13-24(30)17-25(31)14-21/h6-9,12-14,16-17,26-27,32,35H,3-5,10-11,15,18H2,1-2H3,(H,33,34)/t26-,27+/m0/s1. The number of halogens is 2. The molecule has 1 heterocycles. The molecule has 7 heteroatoms. The zero-order valence-corrected chi connectivity index (χ0v) is 21.6. The van der Waals surface area contributed by atoms with Crippen molar-refractivity contribution in [2.24, 2.45) is 0 Å². The molecule has 0 saturated heterocycles. The number of hydrogen-bond donors (Lipinski definition) is 3. The van der Waals surface area contributed by atoms with Crippen molar-refractivity contribution in [3.05, 3.63) is 82.2 Å². The highest BCUT2D eigenvalue weighted by Crippen LogP contribution is 2.39. The second-order valence-corrected chi connectivity index (χ2v) is 10.8. The summed E-state index contributed by atoms with van der Waals surface area (Å²) in [5, 5.41) is 19.7. The van der Waals surface area contributed by atoms with Gasteiger partial charge in [0.05, 0.1) is 12.1 Å². The number of aliphatic hydroxyl groups excluding tert-OH is 1. The van der Waals surface area contributed by atoms with E-state index in [2.05, 4.69) is 53.3 Å². The van der Waals surface area contributed by atoms with Gasteiger partial charge in [0.1, 0.15) is 11.6 Å². The van der Waals surface area contributed by atoms with E-state index in [-0.39, 0.29) is 24.4 Å². The van der Waals surface area contributed by atoms with E-state index in [9.17, 15) is 18.7 Å². The van der Waals surface area contributed by atoms with Crippen LogP contribution in [0.25, 0.3) is 10.4 Å². The van der Waals surface area contributed by atoms with E-state index in [0.717, 1.165) is 31.7 Å². The number of aliphatic hydroxyl groups is 1. The quantitative estimate of drug-likeness (QED) is 0.337. The maximum atomic E-state index is 13.7. The molecule has 0 bridgehead atoms. The molecule has 2 atom stereocenters. The Kier molecular flexibility index (Phi) is 8.54. The van der Waals surface area contributed by atoms with Gasteiger partial charge < -0.3 is 15.7 Å². The average molecular weight is 513 g/mol. The largest absolute Gasteiger partial charge is 0.390 e. The fraction of sp³-hybridized carbons (Fsp3) is 0.414.